The van der Waals surface area contributed by atoms with Crippen LogP contribution in [0.5, 0.6) is 0 Å². The van der Waals surface area contributed by atoms with Crippen molar-refractivity contribution in [3.05, 3.63) is 23.8 Å². The van der Waals surface area contributed by atoms with Crippen molar-refractivity contribution in [3.8, 4) is 0 Å². The number of anilines is 2. The summed E-state index contributed by atoms with van der Waals surface area (Å²) in [5.74, 6) is -0.0428. The van der Waals surface area contributed by atoms with Gasteiger partial charge in [0.2, 0.25) is 10.0 Å². The second-order valence-electron chi connectivity index (χ2n) is 7.93. The summed E-state index contributed by atoms with van der Waals surface area (Å²) in [4.78, 5) is 16.3. The maximum atomic E-state index is 13.2. The number of alkyl halides is 3. The highest BCUT2D eigenvalue weighted by Gasteiger charge is 2.32. The van der Waals surface area contributed by atoms with Crippen molar-refractivity contribution in [2.75, 3.05) is 49.2 Å². The smallest absolute Gasteiger partial charge is 0.370 e. The number of likely N-dealkylation sites (tertiary alicyclic amines) is 1. The summed E-state index contributed by atoms with van der Waals surface area (Å²) in [5, 5.41) is 2.67. The predicted molar refractivity (Wildman–Crippen MR) is 109 cm³/mol. The highest BCUT2D eigenvalue weighted by atomic mass is 32.2. The number of halogens is 3. The molecule has 2 fully saturated rings. The van der Waals surface area contributed by atoms with E-state index in [0.717, 1.165) is 50.7 Å². The minimum Gasteiger partial charge on any atom is -0.370 e. The van der Waals surface area contributed by atoms with Crippen LogP contribution in [0.3, 0.4) is 0 Å². The third-order valence-electron chi connectivity index (χ3n) is 5.45. The molecule has 1 atom stereocenters. The first-order valence-electron chi connectivity index (χ1n) is 10.00. The molecule has 1 unspecified atom stereocenters. The summed E-state index contributed by atoms with van der Waals surface area (Å²) < 4.78 is 64.7. The Balaban J connectivity index is 1.74. The Kier molecular flexibility index (Phi) is 6.81. The number of amides is 2. The highest BCUT2D eigenvalue weighted by Crippen LogP contribution is 2.36. The Hall–Kier alpha value is -2.01. The van der Waals surface area contributed by atoms with Gasteiger partial charge in [-0.25, -0.2) is 17.9 Å². The van der Waals surface area contributed by atoms with Crippen LogP contribution in [0.2, 0.25) is 0 Å². The molecule has 2 N–H and O–H groups in total. The second kappa shape index (κ2) is 9.01. The number of benzene rings is 1. The fourth-order valence-electron chi connectivity index (χ4n) is 3.93. The largest absolute Gasteiger partial charge is 0.416 e. The van der Waals surface area contributed by atoms with Gasteiger partial charge in [-0.2, -0.15) is 13.2 Å². The standard InChI is InChI=1S/C19H27F3N4O3S/c1-30(28,29)23-12-14-5-4-10-26(13-14)18(27)24-16-11-15(19(20,21)22)6-7-17(16)25-8-2-3-9-25/h6-7,11,14,23H,2-5,8-10,12-13H2,1H3,(H,24,27). The van der Waals surface area contributed by atoms with Crippen LogP contribution in [0.1, 0.15) is 31.2 Å². The zero-order chi connectivity index (χ0) is 21.9. The lowest BCUT2D eigenvalue weighted by molar-refractivity contribution is -0.137. The van der Waals surface area contributed by atoms with Gasteiger partial charge in [-0.15, -0.1) is 0 Å². The van der Waals surface area contributed by atoms with Crippen molar-refractivity contribution < 1.29 is 26.4 Å². The molecule has 2 heterocycles. The average molecular weight is 449 g/mol. The molecular weight excluding hydrogens is 421 g/mol. The van der Waals surface area contributed by atoms with Crippen LogP contribution in [0.15, 0.2) is 18.2 Å². The van der Waals surface area contributed by atoms with Gasteiger partial charge < -0.3 is 15.1 Å². The predicted octanol–water partition coefficient (Wildman–Crippen LogP) is 3.10. The first-order chi connectivity index (χ1) is 14.0. The number of rotatable bonds is 5. The van der Waals surface area contributed by atoms with Crippen molar-refractivity contribution >= 4 is 27.4 Å². The summed E-state index contributed by atoms with van der Waals surface area (Å²) in [7, 11) is -3.32. The van der Waals surface area contributed by atoms with Crippen molar-refractivity contribution in [1.29, 1.82) is 0 Å². The number of hydrogen-bond donors (Lipinski definition) is 2. The molecule has 0 aromatic heterocycles. The molecule has 0 saturated carbocycles. The minimum atomic E-state index is -4.50. The van der Waals surface area contributed by atoms with Crippen LogP contribution in [-0.2, 0) is 16.2 Å². The summed E-state index contributed by atoms with van der Waals surface area (Å²) in [6.07, 6.45) is -0.0462. The van der Waals surface area contributed by atoms with Crippen LogP contribution in [0.4, 0.5) is 29.3 Å². The van der Waals surface area contributed by atoms with Gasteiger partial charge in [0.05, 0.1) is 23.2 Å². The number of hydrogen-bond acceptors (Lipinski definition) is 4. The van der Waals surface area contributed by atoms with E-state index < -0.39 is 27.8 Å². The number of sulfonamides is 1. The number of carbonyl (C=O) groups excluding carboxylic acids is 1. The van der Waals surface area contributed by atoms with Crippen LogP contribution >= 0.6 is 0 Å². The molecule has 0 bridgehead atoms. The van der Waals surface area contributed by atoms with E-state index in [1.807, 2.05) is 4.90 Å². The average Bonchev–Trinajstić information content (AvgIpc) is 3.20. The van der Waals surface area contributed by atoms with E-state index in [2.05, 4.69) is 10.0 Å². The second-order valence-corrected chi connectivity index (χ2v) is 9.76. The van der Waals surface area contributed by atoms with Crippen LogP contribution in [0.25, 0.3) is 0 Å². The monoisotopic (exact) mass is 448 g/mol. The van der Waals surface area contributed by atoms with Gasteiger partial charge in [0.15, 0.2) is 0 Å². The molecule has 3 rings (SSSR count). The summed E-state index contributed by atoms with van der Waals surface area (Å²) >= 11 is 0. The molecule has 2 aliphatic heterocycles. The minimum absolute atomic E-state index is 0.0428. The fourth-order valence-corrected chi connectivity index (χ4v) is 4.46. The quantitative estimate of drug-likeness (QED) is 0.725. The van der Waals surface area contributed by atoms with Crippen LogP contribution in [-0.4, -0.2) is 58.3 Å². The van der Waals surface area contributed by atoms with Crippen molar-refractivity contribution in [2.24, 2.45) is 5.92 Å². The number of urea groups is 1. The molecule has 2 aliphatic rings. The lowest BCUT2D eigenvalue weighted by Gasteiger charge is -2.33. The van der Waals surface area contributed by atoms with E-state index in [9.17, 15) is 26.4 Å². The Morgan fingerprint density at radius 3 is 2.50 bits per heavy atom. The topological polar surface area (TPSA) is 81.8 Å². The zero-order valence-electron chi connectivity index (χ0n) is 16.8. The lowest BCUT2D eigenvalue weighted by Crippen LogP contribution is -2.45. The number of nitrogens with one attached hydrogen (secondary N) is 2. The third-order valence-corrected chi connectivity index (χ3v) is 6.14. The molecule has 2 amide bonds. The SMILES string of the molecule is CS(=O)(=O)NCC1CCCN(C(=O)Nc2cc(C(F)(F)F)ccc2N2CCCC2)C1. The maximum Gasteiger partial charge on any atom is 0.416 e. The summed E-state index contributed by atoms with van der Waals surface area (Å²) in [6.45, 7) is 2.51. The fraction of sp³-hybridized carbons (Fsp3) is 0.632. The molecule has 0 spiro atoms. The molecule has 1 aromatic rings. The maximum absolute atomic E-state index is 13.2. The normalized spacial score (nSPS) is 20.5. The zero-order valence-corrected chi connectivity index (χ0v) is 17.7. The summed E-state index contributed by atoms with van der Waals surface area (Å²) in [5.41, 5.74) is -0.0797. The Morgan fingerprint density at radius 1 is 1.17 bits per heavy atom. The molecule has 1 aromatic carbocycles. The molecule has 7 nitrogen and oxygen atoms in total. The van der Waals surface area contributed by atoms with E-state index in [-0.39, 0.29) is 18.2 Å². The molecule has 0 aliphatic carbocycles. The molecule has 168 valence electrons. The lowest BCUT2D eigenvalue weighted by atomic mass is 9.99. The van der Waals surface area contributed by atoms with Crippen molar-refractivity contribution in [3.63, 3.8) is 0 Å². The van der Waals surface area contributed by atoms with Gasteiger partial charge in [0.1, 0.15) is 0 Å². The van der Waals surface area contributed by atoms with Gasteiger partial charge in [0, 0.05) is 32.7 Å². The van der Waals surface area contributed by atoms with E-state index >= 15 is 0 Å². The Morgan fingerprint density at radius 2 is 1.87 bits per heavy atom. The van der Waals surface area contributed by atoms with Gasteiger partial charge in [-0.3, -0.25) is 0 Å². The first-order valence-corrected chi connectivity index (χ1v) is 11.9. The van der Waals surface area contributed by atoms with Crippen LogP contribution < -0.4 is 14.9 Å². The van der Waals surface area contributed by atoms with Crippen LogP contribution in [0, 0.1) is 5.92 Å². The van der Waals surface area contributed by atoms with Gasteiger partial charge in [-0.1, -0.05) is 0 Å². The third kappa shape index (κ3) is 6.00. The van der Waals surface area contributed by atoms with E-state index in [1.165, 1.54) is 11.0 Å². The number of carbonyl (C=O) groups is 1. The van der Waals surface area contributed by atoms with Gasteiger partial charge >= 0.3 is 12.2 Å². The van der Waals surface area contributed by atoms with E-state index in [4.69, 9.17) is 0 Å². The molecule has 11 heteroatoms. The van der Waals surface area contributed by atoms with E-state index in [0.29, 0.717) is 25.2 Å². The van der Waals surface area contributed by atoms with Gasteiger partial charge in [0.25, 0.3) is 0 Å². The molecule has 2 saturated heterocycles. The molecule has 0 radical (unpaired) electrons. The van der Waals surface area contributed by atoms with Crippen molar-refractivity contribution in [1.82, 2.24) is 9.62 Å². The number of piperidine rings is 1. The van der Waals surface area contributed by atoms with E-state index in [1.54, 1.807) is 0 Å². The highest BCUT2D eigenvalue weighted by molar-refractivity contribution is 7.88. The number of nitrogens with zero attached hydrogens (tertiary/aromatic N) is 2. The molecule has 30 heavy (non-hydrogen) atoms. The summed E-state index contributed by atoms with van der Waals surface area (Å²) in [6, 6.07) is 2.97. The Labute approximate surface area is 174 Å². The molecular formula is C19H27F3N4O3S. The van der Waals surface area contributed by atoms with Gasteiger partial charge in [-0.05, 0) is 49.8 Å². The Bertz CT molecular complexity index is 870. The first kappa shape index (κ1) is 22.7. The van der Waals surface area contributed by atoms with Crippen molar-refractivity contribution in [2.45, 2.75) is 31.9 Å².